The molecule has 1 fully saturated rings. The molecule has 4 rings (SSSR count). The zero-order valence-electron chi connectivity index (χ0n) is 18.3. The van der Waals surface area contributed by atoms with Crippen LogP contribution in [0.15, 0.2) is 53.7 Å². The van der Waals surface area contributed by atoms with Crippen molar-refractivity contribution in [2.75, 3.05) is 32.1 Å². The molecule has 2 aromatic rings. The number of amides is 2. The Bertz CT molecular complexity index is 997. The molecule has 2 aliphatic heterocycles. The van der Waals surface area contributed by atoms with Crippen LogP contribution in [-0.4, -0.2) is 54.8 Å². The molecule has 2 heterocycles. The number of rotatable bonds is 7. The third kappa shape index (κ3) is 4.85. The first-order valence-corrected chi connectivity index (χ1v) is 10.7. The maximum Gasteiger partial charge on any atom is 0.271 e. The van der Waals surface area contributed by atoms with Crippen LogP contribution < -0.4 is 14.8 Å². The summed E-state index contributed by atoms with van der Waals surface area (Å²) in [6.07, 6.45) is 2.45. The lowest BCUT2D eigenvalue weighted by Gasteiger charge is -2.20. The van der Waals surface area contributed by atoms with Gasteiger partial charge in [-0.05, 0) is 73.9 Å². The second-order valence-corrected chi connectivity index (χ2v) is 8.12. The van der Waals surface area contributed by atoms with Gasteiger partial charge < -0.3 is 24.5 Å². The van der Waals surface area contributed by atoms with Gasteiger partial charge in [-0.2, -0.15) is 0 Å². The number of benzene rings is 2. The predicted molar refractivity (Wildman–Crippen MR) is 120 cm³/mol. The van der Waals surface area contributed by atoms with E-state index in [1.54, 1.807) is 38.3 Å². The molecule has 0 saturated carbocycles. The van der Waals surface area contributed by atoms with Gasteiger partial charge in [0.2, 0.25) is 5.60 Å². The standard InChI is InChI=1S/C24H27N3O5/c1-24(15-21(26-32-24)17-5-9-19(30-2)10-6-17)23(29)25-18-7-11-20(12-8-18)31-16-22(28)27-13-3-4-14-27/h5-12H,3-4,13-16H2,1-2H3,(H,25,29). The second-order valence-electron chi connectivity index (χ2n) is 8.12. The highest BCUT2D eigenvalue weighted by atomic mass is 16.7. The fourth-order valence-electron chi connectivity index (χ4n) is 3.70. The normalized spacial score (nSPS) is 19.8. The van der Waals surface area contributed by atoms with Gasteiger partial charge in [0.25, 0.3) is 11.8 Å². The van der Waals surface area contributed by atoms with E-state index in [0.29, 0.717) is 23.6 Å². The van der Waals surface area contributed by atoms with Crippen molar-refractivity contribution >= 4 is 23.2 Å². The van der Waals surface area contributed by atoms with E-state index in [2.05, 4.69) is 10.5 Å². The van der Waals surface area contributed by atoms with Crippen molar-refractivity contribution in [3.8, 4) is 11.5 Å². The number of anilines is 1. The summed E-state index contributed by atoms with van der Waals surface area (Å²) in [6, 6.07) is 14.4. The molecule has 168 valence electrons. The zero-order valence-corrected chi connectivity index (χ0v) is 18.3. The van der Waals surface area contributed by atoms with Gasteiger partial charge in [-0.3, -0.25) is 9.59 Å². The van der Waals surface area contributed by atoms with Crippen LogP contribution in [0.1, 0.15) is 31.7 Å². The summed E-state index contributed by atoms with van der Waals surface area (Å²) in [5.41, 5.74) is 1.09. The number of hydrogen-bond acceptors (Lipinski definition) is 6. The van der Waals surface area contributed by atoms with Gasteiger partial charge in [0.15, 0.2) is 6.61 Å². The Hall–Kier alpha value is -3.55. The topological polar surface area (TPSA) is 89.5 Å². The Balaban J connectivity index is 1.30. The number of nitrogens with one attached hydrogen (secondary N) is 1. The van der Waals surface area contributed by atoms with Crippen molar-refractivity contribution in [3.05, 3.63) is 54.1 Å². The fourth-order valence-corrected chi connectivity index (χ4v) is 3.70. The molecule has 2 amide bonds. The average molecular weight is 437 g/mol. The Morgan fingerprint density at radius 1 is 1.06 bits per heavy atom. The molecular formula is C24H27N3O5. The quantitative estimate of drug-likeness (QED) is 0.718. The van der Waals surface area contributed by atoms with Gasteiger partial charge in [0.1, 0.15) is 11.5 Å². The number of carbonyl (C=O) groups excluding carboxylic acids is 2. The van der Waals surface area contributed by atoms with Crippen LogP contribution in [0.5, 0.6) is 11.5 Å². The number of likely N-dealkylation sites (tertiary alicyclic amines) is 1. The largest absolute Gasteiger partial charge is 0.497 e. The monoisotopic (exact) mass is 437 g/mol. The molecule has 0 aliphatic carbocycles. The number of hydrogen-bond donors (Lipinski definition) is 1. The van der Waals surface area contributed by atoms with Crippen molar-refractivity contribution in [2.24, 2.45) is 5.16 Å². The molecule has 0 bridgehead atoms. The molecule has 1 unspecified atom stereocenters. The lowest BCUT2D eigenvalue weighted by atomic mass is 9.95. The van der Waals surface area contributed by atoms with Gasteiger partial charge >= 0.3 is 0 Å². The summed E-state index contributed by atoms with van der Waals surface area (Å²) in [5.74, 6) is 1.03. The van der Waals surface area contributed by atoms with E-state index in [4.69, 9.17) is 14.3 Å². The fraction of sp³-hybridized carbons (Fsp3) is 0.375. The van der Waals surface area contributed by atoms with Gasteiger partial charge in [-0.25, -0.2) is 0 Å². The SMILES string of the molecule is COc1ccc(C2=NOC(C)(C(=O)Nc3ccc(OCC(=O)N4CCCC4)cc3)C2)cc1. The van der Waals surface area contributed by atoms with Crippen molar-refractivity contribution in [1.29, 1.82) is 0 Å². The maximum absolute atomic E-state index is 12.8. The number of methoxy groups -OCH3 is 1. The molecule has 2 aliphatic rings. The molecule has 2 aromatic carbocycles. The molecule has 0 spiro atoms. The predicted octanol–water partition coefficient (Wildman–Crippen LogP) is 3.22. The van der Waals surface area contributed by atoms with E-state index in [-0.39, 0.29) is 18.4 Å². The maximum atomic E-state index is 12.8. The van der Waals surface area contributed by atoms with Crippen molar-refractivity contribution in [3.63, 3.8) is 0 Å². The Labute approximate surface area is 187 Å². The molecule has 0 radical (unpaired) electrons. The highest BCUT2D eigenvalue weighted by Gasteiger charge is 2.42. The van der Waals surface area contributed by atoms with Crippen LogP contribution >= 0.6 is 0 Å². The molecule has 0 aromatic heterocycles. The van der Waals surface area contributed by atoms with Crippen molar-refractivity contribution in [1.82, 2.24) is 4.90 Å². The van der Waals surface area contributed by atoms with Gasteiger partial charge in [-0.1, -0.05) is 5.16 Å². The molecule has 1 N–H and O–H groups in total. The van der Waals surface area contributed by atoms with Gasteiger partial charge in [0.05, 0.1) is 12.8 Å². The highest BCUT2D eigenvalue weighted by molar-refractivity contribution is 6.07. The van der Waals surface area contributed by atoms with Crippen LogP contribution in [-0.2, 0) is 14.4 Å². The van der Waals surface area contributed by atoms with Crippen molar-refractivity contribution < 1.29 is 23.9 Å². The van der Waals surface area contributed by atoms with E-state index in [1.165, 1.54) is 0 Å². The first-order valence-electron chi connectivity index (χ1n) is 10.7. The summed E-state index contributed by atoms with van der Waals surface area (Å²) in [6.45, 7) is 3.34. The number of nitrogens with zero attached hydrogens (tertiary/aromatic N) is 2. The highest BCUT2D eigenvalue weighted by Crippen LogP contribution is 2.29. The van der Waals surface area contributed by atoms with E-state index >= 15 is 0 Å². The third-order valence-electron chi connectivity index (χ3n) is 5.70. The summed E-state index contributed by atoms with van der Waals surface area (Å²) in [7, 11) is 1.61. The summed E-state index contributed by atoms with van der Waals surface area (Å²) >= 11 is 0. The molecule has 1 saturated heterocycles. The van der Waals surface area contributed by atoms with Crippen LogP contribution in [0.3, 0.4) is 0 Å². The van der Waals surface area contributed by atoms with E-state index in [9.17, 15) is 9.59 Å². The Kier molecular flexibility index (Phi) is 6.30. The number of oxime groups is 1. The van der Waals surface area contributed by atoms with Gasteiger partial charge in [0, 0.05) is 25.2 Å². The second kappa shape index (κ2) is 9.30. The number of carbonyl (C=O) groups is 2. The first-order chi connectivity index (χ1) is 15.5. The summed E-state index contributed by atoms with van der Waals surface area (Å²) < 4.78 is 10.8. The van der Waals surface area contributed by atoms with E-state index < -0.39 is 5.60 Å². The minimum Gasteiger partial charge on any atom is -0.497 e. The molecule has 8 heteroatoms. The first kappa shape index (κ1) is 21.7. The Morgan fingerprint density at radius 2 is 1.72 bits per heavy atom. The third-order valence-corrected chi connectivity index (χ3v) is 5.70. The lowest BCUT2D eigenvalue weighted by Crippen LogP contribution is -2.40. The molecule has 8 nitrogen and oxygen atoms in total. The molecule has 32 heavy (non-hydrogen) atoms. The summed E-state index contributed by atoms with van der Waals surface area (Å²) in [4.78, 5) is 32.3. The lowest BCUT2D eigenvalue weighted by molar-refractivity contribution is -0.136. The Morgan fingerprint density at radius 3 is 2.38 bits per heavy atom. The van der Waals surface area contributed by atoms with E-state index in [1.807, 2.05) is 29.2 Å². The van der Waals surface area contributed by atoms with Crippen LogP contribution in [0.25, 0.3) is 0 Å². The number of ether oxygens (including phenoxy) is 2. The summed E-state index contributed by atoms with van der Waals surface area (Å²) in [5, 5.41) is 6.99. The molecular weight excluding hydrogens is 410 g/mol. The van der Waals surface area contributed by atoms with Gasteiger partial charge in [-0.15, -0.1) is 0 Å². The smallest absolute Gasteiger partial charge is 0.271 e. The van der Waals surface area contributed by atoms with E-state index in [0.717, 1.165) is 37.2 Å². The minimum atomic E-state index is -1.10. The van der Waals surface area contributed by atoms with Crippen molar-refractivity contribution in [2.45, 2.75) is 31.8 Å². The molecule has 1 atom stereocenters. The van der Waals surface area contributed by atoms with Crippen LogP contribution in [0.2, 0.25) is 0 Å². The van der Waals surface area contributed by atoms with Crippen LogP contribution in [0.4, 0.5) is 5.69 Å². The average Bonchev–Trinajstić information content (AvgIpc) is 3.49. The minimum absolute atomic E-state index is 0.00106. The zero-order chi connectivity index (χ0) is 22.6. The van der Waals surface area contributed by atoms with Crippen LogP contribution in [0, 0.1) is 0 Å².